The van der Waals surface area contributed by atoms with Gasteiger partial charge in [0.15, 0.2) is 0 Å². The van der Waals surface area contributed by atoms with Crippen molar-refractivity contribution in [1.29, 1.82) is 0 Å². The fourth-order valence-electron chi connectivity index (χ4n) is 2.54. The molecule has 0 radical (unpaired) electrons. The molecule has 1 N–H and O–H groups in total. The average molecular weight is 384 g/mol. The first kappa shape index (κ1) is 18.1. The number of ether oxygens (including phenoxy) is 1. The van der Waals surface area contributed by atoms with E-state index in [0.29, 0.717) is 22.2 Å². The molecule has 0 spiro atoms. The molecule has 0 unspecified atom stereocenters. The van der Waals surface area contributed by atoms with Gasteiger partial charge in [-0.25, -0.2) is 4.98 Å². The summed E-state index contributed by atoms with van der Waals surface area (Å²) in [5.74, 6) is -0.166. The normalized spacial score (nSPS) is 11.6. The third-order valence-electron chi connectivity index (χ3n) is 3.74. The molecule has 2 aromatic heterocycles. The van der Waals surface area contributed by atoms with E-state index in [9.17, 15) is 18.0 Å². The van der Waals surface area contributed by atoms with Gasteiger partial charge in [0.25, 0.3) is 5.91 Å². The molecule has 0 aliphatic rings. The van der Waals surface area contributed by atoms with E-state index in [0.717, 1.165) is 16.7 Å². The number of halogens is 4. The van der Waals surface area contributed by atoms with Crippen molar-refractivity contribution in [2.24, 2.45) is 0 Å². The third kappa shape index (κ3) is 3.32. The van der Waals surface area contributed by atoms with Gasteiger partial charge in [-0.3, -0.25) is 9.20 Å². The summed E-state index contributed by atoms with van der Waals surface area (Å²) >= 11 is 6.02. The van der Waals surface area contributed by atoms with Gasteiger partial charge >= 0.3 is 6.18 Å². The van der Waals surface area contributed by atoms with Crippen LogP contribution in [-0.4, -0.2) is 22.4 Å². The monoisotopic (exact) mass is 383 g/mol. The summed E-state index contributed by atoms with van der Waals surface area (Å²) in [5.41, 5.74) is 0.0685. The molecule has 0 fully saturated rings. The highest BCUT2D eigenvalue weighted by Gasteiger charge is 2.31. The smallest absolute Gasteiger partial charge is 0.417 e. The number of carbonyl (C=O) groups is 1. The number of anilines is 1. The molecular weight excluding hydrogens is 371 g/mol. The molecule has 1 aromatic carbocycles. The Hall–Kier alpha value is -2.74. The zero-order valence-corrected chi connectivity index (χ0v) is 14.4. The van der Waals surface area contributed by atoms with Gasteiger partial charge in [0, 0.05) is 11.9 Å². The molecule has 0 atom stereocenters. The van der Waals surface area contributed by atoms with Crippen LogP contribution in [0.4, 0.5) is 18.9 Å². The van der Waals surface area contributed by atoms with Crippen LogP contribution in [-0.2, 0) is 6.18 Å². The summed E-state index contributed by atoms with van der Waals surface area (Å²) in [5, 5.41) is 2.90. The van der Waals surface area contributed by atoms with E-state index in [-0.39, 0.29) is 11.3 Å². The molecule has 0 saturated carbocycles. The van der Waals surface area contributed by atoms with Gasteiger partial charge in [0.05, 0.1) is 23.4 Å². The number of carbonyl (C=O) groups excluding carboxylic acids is 1. The Labute approximate surface area is 151 Å². The number of imidazole rings is 1. The summed E-state index contributed by atoms with van der Waals surface area (Å²) in [7, 11) is 1.46. The highest BCUT2D eigenvalue weighted by Crippen LogP contribution is 2.30. The standard InChI is InChI=1S/C17H13ClF3N3O2/c1-9-15(16(25)23-11-4-5-13(26-2)12(18)7-11)24-8-10(17(19,20)21)3-6-14(24)22-9/h3-8H,1-2H3,(H,23,25). The topological polar surface area (TPSA) is 55.6 Å². The lowest BCUT2D eigenvalue weighted by Gasteiger charge is -2.10. The summed E-state index contributed by atoms with van der Waals surface area (Å²) in [6.07, 6.45) is -3.67. The average Bonchev–Trinajstić information content (AvgIpc) is 2.89. The third-order valence-corrected chi connectivity index (χ3v) is 4.04. The predicted octanol–water partition coefficient (Wildman–Crippen LogP) is 4.58. The van der Waals surface area contributed by atoms with Crippen LogP contribution in [0, 0.1) is 6.92 Å². The number of hydrogen-bond donors (Lipinski definition) is 1. The van der Waals surface area contributed by atoms with Gasteiger partial charge in [-0.2, -0.15) is 13.2 Å². The van der Waals surface area contributed by atoms with Gasteiger partial charge in [-0.05, 0) is 37.3 Å². The molecule has 0 saturated heterocycles. The minimum Gasteiger partial charge on any atom is -0.495 e. The van der Waals surface area contributed by atoms with Gasteiger partial charge in [-0.1, -0.05) is 11.6 Å². The first-order valence-corrected chi connectivity index (χ1v) is 7.79. The maximum absolute atomic E-state index is 13.0. The Morgan fingerprint density at radius 3 is 2.62 bits per heavy atom. The number of benzene rings is 1. The number of nitrogens with one attached hydrogen (secondary N) is 1. The van der Waals surface area contributed by atoms with Crippen molar-refractivity contribution >= 4 is 28.8 Å². The fourth-order valence-corrected chi connectivity index (χ4v) is 2.80. The predicted molar refractivity (Wildman–Crippen MR) is 90.9 cm³/mol. The van der Waals surface area contributed by atoms with Crippen molar-refractivity contribution in [3.8, 4) is 5.75 Å². The Balaban J connectivity index is 2.00. The molecule has 0 aliphatic carbocycles. The molecule has 1 amide bonds. The van der Waals surface area contributed by atoms with E-state index in [1.807, 2.05) is 0 Å². The SMILES string of the molecule is COc1ccc(NC(=O)c2c(C)nc3ccc(C(F)(F)F)cn23)cc1Cl. The van der Waals surface area contributed by atoms with Gasteiger partial charge in [-0.15, -0.1) is 0 Å². The Kier molecular flexibility index (Phi) is 4.53. The number of amides is 1. The minimum absolute atomic E-state index is 0.0121. The van der Waals surface area contributed by atoms with Crippen molar-refractivity contribution in [3.63, 3.8) is 0 Å². The van der Waals surface area contributed by atoms with Crippen LogP contribution in [0.1, 0.15) is 21.7 Å². The van der Waals surface area contributed by atoms with Gasteiger partial charge < -0.3 is 10.1 Å². The lowest BCUT2D eigenvalue weighted by molar-refractivity contribution is -0.137. The number of aryl methyl sites for hydroxylation is 1. The van der Waals surface area contributed by atoms with E-state index in [1.165, 1.54) is 19.2 Å². The van der Waals surface area contributed by atoms with Crippen molar-refractivity contribution < 1.29 is 22.7 Å². The number of pyridine rings is 1. The number of fused-ring (bicyclic) bond motifs is 1. The van der Waals surface area contributed by atoms with Crippen molar-refractivity contribution in [1.82, 2.24) is 9.38 Å². The maximum atomic E-state index is 13.0. The Morgan fingerprint density at radius 2 is 2.00 bits per heavy atom. The lowest BCUT2D eigenvalue weighted by atomic mass is 10.2. The molecule has 2 heterocycles. The number of aromatic nitrogens is 2. The number of nitrogens with zero attached hydrogens (tertiary/aromatic N) is 2. The van der Waals surface area contributed by atoms with E-state index in [2.05, 4.69) is 10.3 Å². The van der Waals surface area contributed by atoms with Crippen molar-refractivity contribution in [2.45, 2.75) is 13.1 Å². The summed E-state index contributed by atoms with van der Waals surface area (Å²) in [6, 6.07) is 6.77. The highest BCUT2D eigenvalue weighted by molar-refractivity contribution is 6.32. The van der Waals surface area contributed by atoms with Crippen LogP contribution in [0.3, 0.4) is 0 Å². The minimum atomic E-state index is -4.52. The Morgan fingerprint density at radius 1 is 1.27 bits per heavy atom. The number of hydrogen-bond acceptors (Lipinski definition) is 3. The van der Waals surface area contributed by atoms with E-state index < -0.39 is 17.6 Å². The van der Waals surface area contributed by atoms with Crippen LogP contribution in [0.2, 0.25) is 5.02 Å². The van der Waals surface area contributed by atoms with Gasteiger partial charge in [0.1, 0.15) is 17.1 Å². The Bertz CT molecular complexity index is 999. The molecule has 0 bridgehead atoms. The first-order valence-electron chi connectivity index (χ1n) is 7.41. The second-order valence-electron chi connectivity index (χ2n) is 5.49. The second-order valence-corrected chi connectivity index (χ2v) is 5.90. The second kappa shape index (κ2) is 6.53. The maximum Gasteiger partial charge on any atom is 0.417 e. The van der Waals surface area contributed by atoms with Crippen molar-refractivity contribution in [3.05, 3.63) is 58.5 Å². The molecule has 136 valence electrons. The highest BCUT2D eigenvalue weighted by atomic mass is 35.5. The quantitative estimate of drug-likeness (QED) is 0.720. The van der Waals surface area contributed by atoms with Crippen molar-refractivity contribution in [2.75, 3.05) is 12.4 Å². The molecule has 3 aromatic rings. The zero-order valence-electron chi connectivity index (χ0n) is 13.7. The van der Waals surface area contributed by atoms with E-state index in [4.69, 9.17) is 16.3 Å². The molecule has 5 nitrogen and oxygen atoms in total. The number of alkyl halides is 3. The van der Waals surface area contributed by atoms with Crippen LogP contribution >= 0.6 is 11.6 Å². The van der Waals surface area contributed by atoms with E-state index >= 15 is 0 Å². The van der Waals surface area contributed by atoms with Crippen LogP contribution in [0.15, 0.2) is 36.5 Å². The molecule has 26 heavy (non-hydrogen) atoms. The zero-order chi connectivity index (χ0) is 19.1. The van der Waals surface area contributed by atoms with Crippen LogP contribution < -0.4 is 10.1 Å². The molecule has 0 aliphatic heterocycles. The fraction of sp³-hybridized carbons (Fsp3) is 0.176. The van der Waals surface area contributed by atoms with Crippen LogP contribution in [0.5, 0.6) is 5.75 Å². The number of rotatable bonds is 3. The van der Waals surface area contributed by atoms with Gasteiger partial charge in [0.2, 0.25) is 0 Å². The summed E-state index contributed by atoms with van der Waals surface area (Å²) in [6.45, 7) is 1.55. The largest absolute Gasteiger partial charge is 0.495 e. The summed E-state index contributed by atoms with van der Waals surface area (Å²) < 4.78 is 45.0. The molecule has 9 heteroatoms. The van der Waals surface area contributed by atoms with E-state index in [1.54, 1.807) is 19.1 Å². The van der Waals surface area contributed by atoms with Crippen LogP contribution in [0.25, 0.3) is 5.65 Å². The molecule has 3 rings (SSSR count). The first-order chi connectivity index (χ1) is 12.2. The summed E-state index contributed by atoms with van der Waals surface area (Å²) in [4.78, 5) is 16.7. The molecular formula is C17H13ClF3N3O2. The lowest BCUT2D eigenvalue weighted by Crippen LogP contribution is -2.16. The number of methoxy groups -OCH3 is 1.